The van der Waals surface area contributed by atoms with Crippen LogP contribution in [-0.2, 0) is 19.7 Å². The van der Waals surface area contributed by atoms with Crippen LogP contribution in [0.2, 0.25) is 0 Å². The molecule has 31 heavy (non-hydrogen) atoms. The van der Waals surface area contributed by atoms with Crippen molar-refractivity contribution >= 4 is 15.9 Å². The van der Waals surface area contributed by atoms with Gasteiger partial charge in [-0.2, -0.15) is 0 Å². The smallest absolute Gasteiger partial charge is 0.124 e. The van der Waals surface area contributed by atoms with Crippen molar-refractivity contribution in [3.8, 4) is 5.75 Å². The Morgan fingerprint density at radius 2 is 1.68 bits per heavy atom. The van der Waals surface area contributed by atoms with Crippen molar-refractivity contribution in [1.29, 1.82) is 0 Å². The molecule has 3 aromatic carbocycles. The Balaban J connectivity index is 1.28. The van der Waals surface area contributed by atoms with E-state index in [9.17, 15) is 0 Å². The molecule has 4 heteroatoms. The van der Waals surface area contributed by atoms with Crippen molar-refractivity contribution in [3.63, 3.8) is 0 Å². The van der Waals surface area contributed by atoms with Gasteiger partial charge in [0.15, 0.2) is 0 Å². The first-order chi connectivity index (χ1) is 15.2. The van der Waals surface area contributed by atoms with E-state index in [1.54, 1.807) is 0 Å². The lowest BCUT2D eigenvalue weighted by Crippen LogP contribution is -2.41. The third kappa shape index (κ3) is 6.67. The quantitative estimate of drug-likeness (QED) is 0.423. The van der Waals surface area contributed by atoms with Crippen LogP contribution in [0.1, 0.15) is 35.1 Å². The number of halogens is 1. The fraction of sp³-hybridized carbons (Fsp3) is 0.333. The maximum atomic E-state index is 6.17. The fourth-order valence-electron chi connectivity index (χ4n) is 4.06. The molecule has 0 radical (unpaired) electrons. The highest BCUT2D eigenvalue weighted by Crippen LogP contribution is 2.25. The molecule has 0 aliphatic carbocycles. The van der Waals surface area contributed by atoms with Crippen LogP contribution in [0.15, 0.2) is 77.3 Å². The largest absolute Gasteiger partial charge is 0.489 e. The van der Waals surface area contributed by atoms with E-state index in [1.807, 2.05) is 0 Å². The second-order valence-electron chi connectivity index (χ2n) is 8.44. The van der Waals surface area contributed by atoms with Crippen LogP contribution in [0.4, 0.5) is 0 Å². The molecule has 0 saturated carbocycles. The summed E-state index contributed by atoms with van der Waals surface area (Å²) in [6, 6.07) is 26.1. The average Bonchev–Trinajstić information content (AvgIpc) is 2.80. The molecule has 162 valence electrons. The van der Waals surface area contributed by atoms with Crippen molar-refractivity contribution in [1.82, 2.24) is 10.2 Å². The molecule has 0 atom stereocenters. The van der Waals surface area contributed by atoms with E-state index in [-0.39, 0.29) is 0 Å². The standard InChI is InChI=1S/C27H31BrN2O/c1-21-7-9-23(10-8-21)20-31-27-12-11-25(28)17-24(27)18-29-26-13-15-30(16-14-26)19-22-5-3-2-4-6-22/h2-12,17,26,29H,13-16,18-20H2,1H3. The Morgan fingerprint density at radius 1 is 0.935 bits per heavy atom. The molecule has 0 aromatic heterocycles. The minimum atomic E-state index is 0.552. The van der Waals surface area contributed by atoms with Crippen molar-refractivity contribution < 1.29 is 4.74 Å². The van der Waals surface area contributed by atoms with Crippen LogP contribution in [0.5, 0.6) is 5.75 Å². The average molecular weight is 479 g/mol. The van der Waals surface area contributed by atoms with Crippen molar-refractivity contribution in [2.24, 2.45) is 0 Å². The maximum Gasteiger partial charge on any atom is 0.124 e. The highest BCUT2D eigenvalue weighted by molar-refractivity contribution is 9.10. The second kappa shape index (κ2) is 10.9. The van der Waals surface area contributed by atoms with Crippen LogP contribution < -0.4 is 10.1 Å². The molecule has 1 fully saturated rings. The molecule has 0 spiro atoms. The molecule has 1 N–H and O–H groups in total. The zero-order valence-electron chi connectivity index (χ0n) is 18.2. The van der Waals surface area contributed by atoms with Gasteiger partial charge in [-0.3, -0.25) is 4.90 Å². The molecular weight excluding hydrogens is 448 g/mol. The molecule has 3 aromatic rings. The highest BCUT2D eigenvalue weighted by atomic mass is 79.9. The summed E-state index contributed by atoms with van der Waals surface area (Å²) in [4.78, 5) is 2.56. The van der Waals surface area contributed by atoms with E-state index in [1.165, 1.54) is 35.1 Å². The van der Waals surface area contributed by atoms with Crippen molar-refractivity contribution in [2.75, 3.05) is 13.1 Å². The van der Waals surface area contributed by atoms with Gasteiger partial charge in [0.05, 0.1) is 0 Å². The molecule has 1 heterocycles. The van der Waals surface area contributed by atoms with Crippen molar-refractivity contribution in [3.05, 3.63) is 99.5 Å². The number of nitrogens with zero attached hydrogens (tertiary/aromatic N) is 1. The molecular formula is C27H31BrN2O. The summed E-state index contributed by atoms with van der Waals surface area (Å²) in [5, 5.41) is 3.77. The Morgan fingerprint density at radius 3 is 2.42 bits per heavy atom. The number of nitrogens with one attached hydrogen (secondary N) is 1. The maximum absolute atomic E-state index is 6.17. The predicted molar refractivity (Wildman–Crippen MR) is 131 cm³/mol. The highest BCUT2D eigenvalue weighted by Gasteiger charge is 2.19. The van der Waals surface area contributed by atoms with Crippen LogP contribution in [0, 0.1) is 6.92 Å². The van der Waals surface area contributed by atoms with Gasteiger partial charge in [0.25, 0.3) is 0 Å². The molecule has 0 bridgehead atoms. The Bertz CT molecular complexity index is 951. The number of ether oxygens (including phenoxy) is 1. The minimum Gasteiger partial charge on any atom is -0.489 e. The van der Waals surface area contributed by atoms with Crippen LogP contribution in [-0.4, -0.2) is 24.0 Å². The summed E-state index contributed by atoms with van der Waals surface area (Å²) in [5.74, 6) is 0.956. The summed E-state index contributed by atoms with van der Waals surface area (Å²) >= 11 is 3.62. The van der Waals surface area contributed by atoms with Gasteiger partial charge >= 0.3 is 0 Å². The zero-order valence-corrected chi connectivity index (χ0v) is 19.8. The molecule has 1 aliphatic rings. The van der Waals surface area contributed by atoms with Gasteiger partial charge in [-0.1, -0.05) is 76.1 Å². The Hall–Kier alpha value is -2.14. The van der Waals surface area contributed by atoms with E-state index in [2.05, 4.69) is 106 Å². The van der Waals surface area contributed by atoms with E-state index in [0.29, 0.717) is 12.6 Å². The number of benzene rings is 3. The first-order valence-electron chi connectivity index (χ1n) is 11.1. The SMILES string of the molecule is Cc1ccc(COc2ccc(Br)cc2CNC2CCN(Cc3ccccc3)CC2)cc1. The van der Waals surface area contributed by atoms with Gasteiger partial charge < -0.3 is 10.1 Å². The lowest BCUT2D eigenvalue weighted by atomic mass is 10.0. The Kier molecular flexibility index (Phi) is 7.79. The molecule has 3 nitrogen and oxygen atoms in total. The van der Waals surface area contributed by atoms with Gasteiger partial charge in [0.2, 0.25) is 0 Å². The Labute approximate surface area is 194 Å². The third-order valence-corrected chi connectivity index (χ3v) is 6.45. The van der Waals surface area contributed by atoms with Gasteiger partial charge in [-0.25, -0.2) is 0 Å². The van der Waals surface area contributed by atoms with Gasteiger partial charge in [-0.05, 0) is 62.2 Å². The summed E-state index contributed by atoms with van der Waals surface area (Å²) in [7, 11) is 0. The van der Waals surface area contributed by atoms with E-state index in [0.717, 1.165) is 36.4 Å². The molecule has 0 unspecified atom stereocenters. The normalized spacial score (nSPS) is 15.2. The van der Waals surface area contributed by atoms with E-state index < -0.39 is 0 Å². The number of rotatable bonds is 8. The monoisotopic (exact) mass is 478 g/mol. The van der Waals surface area contributed by atoms with Gasteiger partial charge in [0.1, 0.15) is 12.4 Å². The predicted octanol–water partition coefficient (Wildman–Crippen LogP) is 6.09. The first kappa shape index (κ1) is 22.1. The van der Waals surface area contributed by atoms with Crippen LogP contribution in [0.25, 0.3) is 0 Å². The molecule has 0 amide bonds. The summed E-state index contributed by atoms with van der Waals surface area (Å²) in [5.41, 5.74) is 5.07. The van der Waals surface area contributed by atoms with E-state index in [4.69, 9.17) is 4.74 Å². The summed E-state index contributed by atoms with van der Waals surface area (Å²) in [6.07, 6.45) is 2.36. The molecule has 1 aliphatic heterocycles. The summed E-state index contributed by atoms with van der Waals surface area (Å²) in [6.45, 7) is 6.86. The second-order valence-corrected chi connectivity index (χ2v) is 9.36. The number of aryl methyl sites for hydroxylation is 1. The molecule has 1 saturated heterocycles. The fourth-order valence-corrected chi connectivity index (χ4v) is 4.47. The van der Waals surface area contributed by atoms with Crippen LogP contribution >= 0.6 is 15.9 Å². The lowest BCUT2D eigenvalue weighted by Gasteiger charge is -2.32. The van der Waals surface area contributed by atoms with Crippen LogP contribution in [0.3, 0.4) is 0 Å². The number of hydrogen-bond acceptors (Lipinski definition) is 3. The number of likely N-dealkylation sites (tertiary alicyclic amines) is 1. The van der Waals surface area contributed by atoms with Crippen molar-refractivity contribution in [2.45, 2.75) is 45.5 Å². The third-order valence-electron chi connectivity index (χ3n) is 5.96. The zero-order chi connectivity index (χ0) is 21.5. The number of hydrogen-bond donors (Lipinski definition) is 1. The van der Waals surface area contributed by atoms with Gasteiger partial charge in [0, 0.05) is 29.2 Å². The summed E-state index contributed by atoms with van der Waals surface area (Å²) < 4.78 is 7.26. The first-order valence-corrected chi connectivity index (χ1v) is 11.9. The van der Waals surface area contributed by atoms with Gasteiger partial charge in [-0.15, -0.1) is 0 Å². The lowest BCUT2D eigenvalue weighted by molar-refractivity contribution is 0.189. The molecule has 4 rings (SSSR count). The topological polar surface area (TPSA) is 24.5 Å². The number of piperidine rings is 1. The minimum absolute atomic E-state index is 0.552. The van der Waals surface area contributed by atoms with E-state index >= 15 is 0 Å².